The fourth-order valence-corrected chi connectivity index (χ4v) is 3.97. The number of piperidine rings is 1. The van der Waals surface area contributed by atoms with Crippen LogP contribution < -0.4 is 0 Å². The minimum absolute atomic E-state index is 0.0290. The largest absolute Gasteiger partial charge is 0.509 e. The Hall–Kier alpha value is -1.41. The summed E-state index contributed by atoms with van der Waals surface area (Å²) in [7, 11) is 1.43. The van der Waals surface area contributed by atoms with Crippen molar-refractivity contribution in [2.45, 2.75) is 32.2 Å². The van der Waals surface area contributed by atoms with Crippen LogP contribution in [-0.4, -0.2) is 52.1 Å². The van der Waals surface area contributed by atoms with Crippen LogP contribution in [0.3, 0.4) is 0 Å². The number of hydrogen-bond acceptors (Lipinski definition) is 5. The van der Waals surface area contributed by atoms with Crippen LogP contribution in [0, 0.1) is 13.8 Å². The van der Waals surface area contributed by atoms with Crippen molar-refractivity contribution in [3.8, 4) is 0 Å². The van der Waals surface area contributed by atoms with E-state index in [0.717, 1.165) is 15.6 Å². The lowest BCUT2D eigenvalue weighted by atomic mass is 9.85. The van der Waals surface area contributed by atoms with E-state index in [-0.39, 0.29) is 17.2 Å². The smallest absolute Gasteiger partial charge is 0.282 e. The number of aliphatic hydroxyl groups excluding tert-OH is 1. The van der Waals surface area contributed by atoms with Crippen LogP contribution in [0.25, 0.3) is 5.57 Å². The normalized spacial score (nSPS) is 21.2. The predicted octanol–water partition coefficient (Wildman–Crippen LogP) is 2.96. The molecule has 0 radical (unpaired) electrons. The fourth-order valence-electron chi connectivity index (χ4n) is 3.63. The highest BCUT2D eigenvalue weighted by atomic mass is 79.9. The number of amides is 1. The summed E-state index contributed by atoms with van der Waals surface area (Å²) in [6.45, 7) is 4.62. The number of carbonyl (C=O) groups is 1. The van der Waals surface area contributed by atoms with Crippen molar-refractivity contribution in [3.63, 3.8) is 0 Å². The van der Waals surface area contributed by atoms with Gasteiger partial charge in [-0.05, 0) is 49.4 Å². The van der Waals surface area contributed by atoms with Gasteiger partial charge >= 0.3 is 0 Å². The molecule has 130 valence electrons. The molecule has 2 N–H and O–H groups in total. The van der Waals surface area contributed by atoms with Gasteiger partial charge in [0.05, 0.1) is 12.7 Å². The van der Waals surface area contributed by atoms with Crippen molar-refractivity contribution < 1.29 is 19.9 Å². The van der Waals surface area contributed by atoms with Crippen molar-refractivity contribution in [3.05, 3.63) is 39.1 Å². The van der Waals surface area contributed by atoms with Gasteiger partial charge in [-0.2, -0.15) is 5.06 Å². The molecule has 0 atom stereocenters. The van der Waals surface area contributed by atoms with Crippen molar-refractivity contribution in [2.75, 3.05) is 20.2 Å². The van der Waals surface area contributed by atoms with Crippen molar-refractivity contribution >= 4 is 27.4 Å². The van der Waals surface area contributed by atoms with Gasteiger partial charge in [0.25, 0.3) is 5.91 Å². The van der Waals surface area contributed by atoms with Gasteiger partial charge in [-0.1, -0.05) is 22.0 Å². The molecule has 24 heavy (non-hydrogen) atoms. The Balaban J connectivity index is 2.15. The summed E-state index contributed by atoms with van der Waals surface area (Å²) in [4.78, 5) is 18.3. The zero-order valence-electron chi connectivity index (χ0n) is 14.0. The third-order valence-electron chi connectivity index (χ3n) is 4.99. The molecular formula is C17H21BrN2O4. The first-order valence-electron chi connectivity index (χ1n) is 7.85. The second-order valence-corrected chi connectivity index (χ2v) is 7.26. The lowest BCUT2D eigenvalue weighted by Gasteiger charge is -2.41. The maximum atomic E-state index is 12.9. The molecule has 0 saturated carbocycles. The van der Waals surface area contributed by atoms with Gasteiger partial charge in [-0.25, -0.2) is 5.06 Å². The predicted molar refractivity (Wildman–Crippen MR) is 92.3 cm³/mol. The first-order valence-corrected chi connectivity index (χ1v) is 8.64. The molecule has 6 nitrogen and oxygen atoms in total. The lowest BCUT2D eigenvalue weighted by Crippen LogP contribution is -2.54. The molecule has 0 unspecified atom stereocenters. The van der Waals surface area contributed by atoms with Crippen LogP contribution in [0.2, 0.25) is 0 Å². The number of hydrogen-bond donors (Lipinski definition) is 2. The molecule has 7 heteroatoms. The van der Waals surface area contributed by atoms with Gasteiger partial charge in [0.15, 0.2) is 0 Å². The molecule has 3 rings (SSSR count). The Labute approximate surface area is 149 Å². The van der Waals surface area contributed by atoms with E-state index in [2.05, 4.69) is 15.9 Å². The third-order valence-corrected chi connectivity index (χ3v) is 5.84. The monoisotopic (exact) mass is 396 g/mol. The fraction of sp³-hybridized carbons (Fsp3) is 0.471. The molecule has 1 spiro atoms. The molecule has 1 saturated heterocycles. The molecule has 2 aliphatic rings. The summed E-state index contributed by atoms with van der Waals surface area (Å²) in [6, 6.07) is 3.84. The van der Waals surface area contributed by atoms with E-state index in [1.807, 2.05) is 26.0 Å². The van der Waals surface area contributed by atoms with Gasteiger partial charge < -0.3 is 10.3 Å². The summed E-state index contributed by atoms with van der Waals surface area (Å²) >= 11 is 3.49. The number of benzene rings is 1. The van der Waals surface area contributed by atoms with Crippen LogP contribution in [0.15, 0.2) is 22.4 Å². The average Bonchev–Trinajstić information content (AvgIpc) is 2.74. The number of halogens is 1. The molecule has 0 aromatic heterocycles. The van der Waals surface area contributed by atoms with E-state index in [9.17, 15) is 15.1 Å². The first-order chi connectivity index (χ1) is 11.3. The molecule has 0 aliphatic carbocycles. The van der Waals surface area contributed by atoms with Gasteiger partial charge in [-0.15, -0.1) is 0 Å². The van der Waals surface area contributed by atoms with E-state index < -0.39 is 5.54 Å². The Morgan fingerprint density at radius 1 is 1.21 bits per heavy atom. The zero-order valence-corrected chi connectivity index (χ0v) is 15.6. The maximum Gasteiger partial charge on any atom is 0.282 e. The Morgan fingerprint density at radius 2 is 1.83 bits per heavy atom. The summed E-state index contributed by atoms with van der Waals surface area (Å²) in [5.74, 6) is -0.318. The SMILES string of the molecule is CON1C(=O)C(c2cc(Br)c(C)cc2C)=C(O)C12CCN(O)CC2. The van der Waals surface area contributed by atoms with Crippen LogP contribution >= 0.6 is 15.9 Å². The highest BCUT2D eigenvalue weighted by molar-refractivity contribution is 9.10. The van der Waals surface area contributed by atoms with E-state index in [1.54, 1.807) is 0 Å². The Kier molecular flexibility index (Phi) is 4.46. The Morgan fingerprint density at radius 3 is 2.42 bits per heavy atom. The van der Waals surface area contributed by atoms with Crippen molar-refractivity contribution in [1.82, 2.24) is 10.1 Å². The quantitative estimate of drug-likeness (QED) is 0.803. The number of aliphatic hydroxyl groups is 1. The molecule has 1 fully saturated rings. The summed E-state index contributed by atoms with van der Waals surface area (Å²) in [5.41, 5.74) is 2.04. The van der Waals surface area contributed by atoms with Gasteiger partial charge in [0.1, 0.15) is 11.3 Å². The number of aryl methyl sites for hydroxylation is 2. The zero-order chi connectivity index (χ0) is 17.6. The summed E-state index contributed by atoms with van der Waals surface area (Å²) in [6.07, 6.45) is 0.814. The van der Waals surface area contributed by atoms with Crippen LogP contribution in [-0.2, 0) is 9.63 Å². The second-order valence-electron chi connectivity index (χ2n) is 6.41. The summed E-state index contributed by atoms with van der Waals surface area (Å²) in [5, 5.41) is 23.1. The molecule has 0 bridgehead atoms. The van der Waals surface area contributed by atoms with Crippen molar-refractivity contribution in [2.24, 2.45) is 0 Å². The minimum atomic E-state index is -0.913. The third kappa shape index (κ3) is 2.47. The van der Waals surface area contributed by atoms with E-state index in [1.165, 1.54) is 17.2 Å². The average molecular weight is 397 g/mol. The molecule has 2 aliphatic heterocycles. The first kappa shape index (κ1) is 17.4. The molecule has 1 aromatic carbocycles. The van der Waals surface area contributed by atoms with E-state index >= 15 is 0 Å². The highest BCUT2D eigenvalue weighted by Gasteiger charge is 2.54. The summed E-state index contributed by atoms with van der Waals surface area (Å²) < 4.78 is 0.881. The number of nitrogens with zero attached hydrogens (tertiary/aromatic N) is 2. The number of hydroxylamine groups is 4. The Bertz CT molecular complexity index is 724. The van der Waals surface area contributed by atoms with Gasteiger partial charge in [0, 0.05) is 17.6 Å². The standard InChI is InChI=1S/C17H21BrN2O4/c1-10-8-11(2)13(18)9-12(10)14-15(21)17(20(24-3)16(14)22)4-6-19(23)7-5-17/h8-9,21,23H,4-7H2,1-3H3. The number of rotatable bonds is 2. The molecular weight excluding hydrogens is 376 g/mol. The van der Waals surface area contributed by atoms with Gasteiger partial charge in [0.2, 0.25) is 0 Å². The maximum absolute atomic E-state index is 12.9. The topological polar surface area (TPSA) is 73.2 Å². The van der Waals surface area contributed by atoms with Crippen LogP contribution in [0.4, 0.5) is 0 Å². The molecule has 1 amide bonds. The van der Waals surface area contributed by atoms with E-state index in [4.69, 9.17) is 4.84 Å². The minimum Gasteiger partial charge on any atom is -0.509 e. The van der Waals surface area contributed by atoms with Gasteiger partial charge in [-0.3, -0.25) is 9.63 Å². The lowest BCUT2D eigenvalue weighted by molar-refractivity contribution is -0.215. The van der Waals surface area contributed by atoms with Crippen LogP contribution in [0.5, 0.6) is 0 Å². The second kappa shape index (κ2) is 6.15. The van der Waals surface area contributed by atoms with Crippen LogP contribution in [0.1, 0.15) is 29.5 Å². The molecule has 2 heterocycles. The van der Waals surface area contributed by atoms with E-state index in [0.29, 0.717) is 31.5 Å². The number of carbonyl (C=O) groups excluding carboxylic acids is 1. The van der Waals surface area contributed by atoms with Crippen molar-refractivity contribution in [1.29, 1.82) is 0 Å². The molecule has 1 aromatic rings. The highest BCUT2D eigenvalue weighted by Crippen LogP contribution is 2.45.